The van der Waals surface area contributed by atoms with E-state index < -0.39 is 0 Å². The van der Waals surface area contributed by atoms with Crippen molar-refractivity contribution in [3.63, 3.8) is 0 Å². The summed E-state index contributed by atoms with van der Waals surface area (Å²) in [6.07, 6.45) is 4.19. The van der Waals surface area contributed by atoms with Gasteiger partial charge < -0.3 is 26.8 Å². The molecule has 0 amide bonds. The third-order valence-corrected chi connectivity index (χ3v) is 5.54. The number of benzene rings is 2. The number of anilines is 4. The van der Waals surface area contributed by atoms with Crippen molar-refractivity contribution < 1.29 is 4.74 Å². The van der Waals surface area contributed by atoms with Crippen LogP contribution in [-0.4, -0.2) is 40.1 Å². The third-order valence-electron chi connectivity index (χ3n) is 5.30. The normalized spacial score (nSPS) is 11.1. The maximum atomic E-state index is 6.20. The van der Waals surface area contributed by atoms with E-state index in [0.29, 0.717) is 11.0 Å². The minimum atomic E-state index is 0.118. The van der Waals surface area contributed by atoms with Gasteiger partial charge in [0.2, 0.25) is 17.8 Å². The number of methoxy groups -OCH3 is 1. The molecule has 6 N–H and O–H groups in total. The minimum absolute atomic E-state index is 0.118. The van der Waals surface area contributed by atoms with Crippen LogP contribution in [0.5, 0.6) is 5.75 Å². The second-order valence-electron chi connectivity index (χ2n) is 7.67. The Balaban J connectivity index is 1.33. The number of nitrogens with one attached hydrogen (secondary N) is 2. The van der Waals surface area contributed by atoms with Gasteiger partial charge in [-0.1, -0.05) is 24.4 Å². The quantitative estimate of drug-likeness (QED) is 0.197. The van der Waals surface area contributed by atoms with Crippen molar-refractivity contribution in [1.29, 1.82) is 0 Å². The summed E-state index contributed by atoms with van der Waals surface area (Å²) >= 11 is 6.20. The van der Waals surface area contributed by atoms with Crippen molar-refractivity contribution in [1.82, 2.24) is 19.9 Å². The summed E-state index contributed by atoms with van der Waals surface area (Å²) in [5.74, 6) is 1.45. The van der Waals surface area contributed by atoms with Crippen molar-refractivity contribution in [2.75, 3.05) is 42.3 Å². The Morgan fingerprint density at radius 3 is 2.24 bits per heavy atom. The number of fused-ring (bicyclic) bond motifs is 2. The molecule has 33 heavy (non-hydrogen) atoms. The lowest BCUT2D eigenvalue weighted by atomic mass is 10.1. The Bertz CT molecular complexity index is 1250. The van der Waals surface area contributed by atoms with Gasteiger partial charge in [0.05, 0.1) is 23.8 Å². The lowest BCUT2D eigenvalue weighted by molar-refractivity contribution is 0.415. The Hall–Kier alpha value is -3.59. The number of halogens is 1. The van der Waals surface area contributed by atoms with Crippen molar-refractivity contribution in [2.24, 2.45) is 0 Å². The fourth-order valence-corrected chi connectivity index (χ4v) is 3.89. The van der Waals surface area contributed by atoms with Crippen LogP contribution in [0.3, 0.4) is 0 Å². The summed E-state index contributed by atoms with van der Waals surface area (Å²) in [6.45, 7) is 1.60. The second-order valence-corrected chi connectivity index (χ2v) is 8.11. The van der Waals surface area contributed by atoms with Gasteiger partial charge in [-0.3, -0.25) is 0 Å². The molecule has 0 saturated carbocycles. The van der Waals surface area contributed by atoms with E-state index in [1.165, 1.54) is 0 Å². The van der Waals surface area contributed by atoms with Crippen LogP contribution >= 0.6 is 11.6 Å². The largest absolute Gasteiger partial charge is 0.497 e. The summed E-state index contributed by atoms with van der Waals surface area (Å²) in [7, 11) is 1.67. The van der Waals surface area contributed by atoms with Crippen molar-refractivity contribution in [3.05, 3.63) is 41.4 Å². The molecule has 4 rings (SSSR count). The average molecular weight is 467 g/mol. The zero-order chi connectivity index (χ0) is 23.2. The maximum absolute atomic E-state index is 6.20. The Labute approximate surface area is 196 Å². The first kappa shape index (κ1) is 22.6. The predicted molar refractivity (Wildman–Crippen MR) is 135 cm³/mol. The number of nitrogens with zero attached hydrogens (tertiary/aromatic N) is 4. The van der Waals surface area contributed by atoms with E-state index in [0.717, 1.165) is 72.0 Å². The molecule has 10 heteroatoms. The van der Waals surface area contributed by atoms with E-state index in [-0.39, 0.29) is 11.9 Å². The van der Waals surface area contributed by atoms with Gasteiger partial charge in [-0.15, -0.1) is 0 Å². The molecule has 2 aromatic heterocycles. The maximum Gasteiger partial charge on any atom is 0.229 e. The summed E-state index contributed by atoms with van der Waals surface area (Å²) in [5.41, 5.74) is 14.0. The predicted octanol–water partition coefficient (Wildman–Crippen LogP) is 4.48. The number of aromatic nitrogens is 4. The summed E-state index contributed by atoms with van der Waals surface area (Å²) in [4.78, 5) is 16.6. The molecular weight excluding hydrogens is 440 g/mol. The summed E-state index contributed by atoms with van der Waals surface area (Å²) in [5, 5.41) is 9.50. The lowest BCUT2D eigenvalue weighted by Crippen LogP contribution is -2.10. The zero-order valence-corrected chi connectivity index (χ0v) is 19.2. The molecule has 0 saturated heterocycles. The van der Waals surface area contributed by atoms with Gasteiger partial charge in [-0.05, 0) is 49.2 Å². The van der Waals surface area contributed by atoms with Crippen LogP contribution in [0, 0.1) is 0 Å². The van der Waals surface area contributed by atoms with Gasteiger partial charge in [0.25, 0.3) is 0 Å². The molecule has 172 valence electrons. The molecule has 0 bridgehead atoms. The second kappa shape index (κ2) is 10.4. The highest BCUT2D eigenvalue weighted by atomic mass is 35.5. The molecule has 0 spiro atoms. The fourth-order valence-electron chi connectivity index (χ4n) is 3.72. The number of nitrogens with two attached hydrogens (primary N) is 2. The molecule has 0 aliphatic heterocycles. The smallest absolute Gasteiger partial charge is 0.229 e. The molecule has 0 fully saturated rings. The van der Waals surface area contributed by atoms with Gasteiger partial charge >= 0.3 is 0 Å². The number of hydrogen-bond acceptors (Lipinski definition) is 9. The highest BCUT2D eigenvalue weighted by Gasteiger charge is 2.11. The van der Waals surface area contributed by atoms with Gasteiger partial charge in [0, 0.05) is 28.9 Å². The van der Waals surface area contributed by atoms with E-state index in [9.17, 15) is 0 Å². The van der Waals surface area contributed by atoms with E-state index >= 15 is 0 Å². The van der Waals surface area contributed by atoms with E-state index in [1.54, 1.807) is 7.11 Å². The van der Waals surface area contributed by atoms with Crippen LogP contribution in [0.2, 0.25) is 5.02 Å². The number of pyridine rings is 1. The van der Waals surface area contributed by atoms with E-state index in [2.05, 4.69) is 25.6 Å². The molecule has 9 nitrogen and oxygen atoms in total. The SMILES string of the molecule is COc1ccc2nc3cc(Cl)ccc3c(NCCCCCCNc3nc(N)nc(N)n3)c2c1. The first-order chi connectivity index (χ1) is 16.0. The van der Waals surface area contributed by atoms with Crippen LogP contribution in [-0.2, 0) is 0 Å². The molecule has 0 atom stereocenters. The molecule has 2 heterocycles. The van der Waals surface area contributed by atoms with E-state index in [1.807, 2.05) is 36.4 Å². The third kappa shape index (κ3) is 5.61. The molecule has 2 aromatic carbocycles. The van der Waals surface area contributed by atoms with Crippen molar-refractivity contribution >= 4 is 56.9 Å². The monoisotopic (exact) mass is 466 g/mol. The van der Waals surface area contributed by atoms with Crippen molar-refractivity contribution in [3.8, 4) is 5.75 Å². The van der Waals surface area contributed by atoms with Gasteiger partial charge in [-0.25, -0.2) is 4.98 Å². The number of rotatable bonds is 10. The summed E-state index contributed by atoms with van der Waals surface area (Å²) < 4.78 is 5.43. The first-order valence-corrected chi connectivity index (χ1v) is 11.2. The Kier molecular flexibility index (Phi) is 7.09. The number of nitrogen functional groups attached to an aromatic ring is 2. The fraction of sp³-hybridized carbons (Fsp3) is 0.304. The Morgan fingerprint density at radius 2 is 1.52 bits per heavy atom. The van der Waals surface area contributed by atoms with Gasteiger partial charge in [-0.2, -0.15) is 15.0 Å². The minimum Gasteiger partial charge on any atom is -0.497 e. The van der Waals surface area contributed by atoms with Crippen molar-refractivity contribution in [2.45, 2.75) is 25.7 Å². The van der Waals surface area contributed by atoms with Crippen LogP contribution in [0.15, 0.2) is 36.4 Å². The number of unbranched alkanes of at least 4 members (excludes halogenated alkanes) is 3. The van der Waals surface area contributed by atoms with Gasteiger partial charge in [0.15, 0.2) is 0 Å². The molecule has 0 radical (unpaired) electrons. The van der Waals surface area contributed by atoms with Crippen LogP contribution in [0.1, 0.15) is 25.7 Å². The highest BCUT2D eigenvalue weighted by molar-refractivity contribution is 6.31. The molecular formula is C23H27ClN8O. The van der Waals surface area contributed by atoms with Crippen LogP contribution in [0.25, 0.3) is 21.8 Å². The standard InChI is InChI=1S/C23H27ClN8O/c1-33-15-7-9-18-17(13-15)20(16-8-6-14(24)12-19(16)29-18)27-10-4-2-3-5-11-28-23-31-21(25)30-22(26)32-23/h6-9,12-13H,2-5,10-11H2,1H3,(H,27,29)(H5,25,26,28,30,31,32). The topological polar surface area (TPSA) is 137 Å². The summed E-state index contributed by atoms with van der Waals surface area (Å²) in [6, 6.07) is 11.7. The average Bonchev–Trinajstić information content (AvgIpc) is 2.79. The molecule has 0 unspecified atom stereocenters. The Morgan fingerprint density at radius 1 is 0.788 bits per heavy atom. The number of hydrogen-bond donors (Lipinski definition) is 4. The lowest BCUT2D eigenvalue weighted by Gasteiger charge is -2.14. The van der Waals surface area contributed by atoms with E-state index in [4.69, 9.17) is 32.8 Å². The highest BCUT2D eigenvalue weighted by Crippen LogP contribution is 2.34. The van der Waals surface area contributed by atoms with Gasteiger partial charge in [0.1, 0.15) is 5.75 Å². The number of ether oxygens (including phenoxy) is 1. The molecule has 0 aliphatic carbocycles. The molecule has 4 aromatic rings. The molecule has 0 aliphatic rings. The zero-order valence-electron chi connectivity index (χ0n) is 18.4. The van der Waals surface area contributed by atoms with Crippen LogP contribution in [0.4, 0.5) is 23.5 Å². The van der Waals surface area contributed by atoms with Crippen LogP contribution < -0.4 is 26.8 Å². The first-order valence-electron chi connectivity index (χ1n) is 10.9.